The van der Waals surface area contributed by atoms with Crippen LogP contribution in [0.1, 0.15) is 53.3 Å². The van der Waals surface area contributed by atoms with E-state index in [-0.39, 0.29) is 11.9 Å². The molecule has 0 aromatic carbocycles. The fraction of sp³-hybridized carbons (Fsp3) is 0.733. The van der Waals surface area contributed by atoms with Crippen LogP contribution in [0.4, 0.5) is 0 Å². The highest BCUT2D eigenvalue weighted by Crippen LogP contribution is 2.45. The van der Waals surface area contributed by atoms with Crippen molar-refractivity contribution in [3.8, 4) is 0 Å². The first-order chi connectivity index (χ1) is 9.80. The fourth-order valence-electron chi connectivity index (χ4n) is 3.72. The van der Waals surface area contributed by atoms with Gasteiger partial charge in [-0.15, -0.1) is 0 Å². The molecule has 2 heterocycles. The summed E-state index contributed by atoms with van der Waals surface area (Å²) < 4.78 is 11.9. The van der Waals surface area contributed by atoms with Crippen molar-refractivity contribution in [3.63, 3.8) is 0 Å². The van der Waals surface area contributed by atoms with Crippen LogP contribution < -0.4 is 5.32 Å². The first-order valence-corrected chi connectivity index (χ1v) is 9.81. The first kappa shape index (κ1) is 16.2. The van der Waals surface area contributed by atoms with Crippen LogP contribution in [-0.2, 0) is 9.22 Å². The quantitative estimate of drug-likeness (QED) is 0.646. The average Bonchev–Trinajstić information content (AvgIpc) is 2.88. The molecule has 1 aliphatic rings. The highest BCUT2D eigenvalue weighted by atomic mass is 28.4. The molecular weight excluding hydrogens is 284 g/mol. The number of nitrogens with zero attached hydrogens (tertiary/aromatic N) is 1. The molecule has 2 unspecified atom stereocenters. The minimum absolute atomic E-state index is 0.0461. The van der Waals surface area contributed by atoms with E-state index < -0.39 is 14.4 Å². The summed E-state index contributed by atoms with van der Waals surface area (Å²) in [6.07, 6.45) is 2.58. The third-order valence-corrected chi connectivity index (χ3v) is 10.7. The number of hydrogen-bond donors (Lipinski definition) is 1. The van der Waals surface area contributed by atoms with Crippen molar-refractivity contribution in [2.75, 3.05) is 0 Å². The van der Waals surface area contributed by atoms with Gasteiger partial charge in [-0.2, -0.15) is 0 Å². The third kappa shape index (κ3) is 2.66. The standard InChI is InChI=1S/C15H26N2O3Si/c1-9(2)21(10(3)4,11(5)6)20-14-13(17-15(14)18)12-7-16-8-19-12/h7-11,13-14H,1-6H3,(H,17,18). The van der Waals surface area contributed by atoms with E-state index in [2.05, 4.69) is 51.8 Å². The van der Waals surface area contributed by atoms with Gasteiger partial charge in [0.25, 0.3) is 5.91 Å². The Bertz CT molecular complexity index is 463. The number of hydrogen-bond acceptors (Lipinski definition) is 4. The van der Waals surface area contributed by atoms with Crippen LogP contribution in [0.2, 0.25) is 16.6 Å². The molecular formula is C15H26N2O3Si. The van der Waals surface area contributed by atoms with Gasteiger partial charge >= 0.3 is 0 Å². The average molecular weight is 310 g/mol. The Balaban J connectivity index is 2.25. The van der Waals surface area contributed by atoms with Gasteiger partial charge in [-0.1, -0.05) is 41.5 Å². The zero-order valence-corrected chi connectivity index (χ0v) is 14.7. The molecule has 2 atom stereocenters. The Morgan fingerprint density at radius 1 is 1.19 bits per heavy atom. The monoisotopic (exact) mass is 310 g/mol. The van der Waals surface area contributed by atoms with Gasteiger partial charge in [-0.3, -0.25) is 4.79 Å². The Kier molecular flexibility index (Phi) is 4.58. The minimum atomic E-state index is -2.08. The van der Waals surface area contributed by atoms with Gasteiger partial charge in [-0.25, -0.2) is 4.98 Å². The molecule has 0 radical (unpaired) electrons. The smallest absolute Gasteiger partial charge is 0.251 e. The van der Waals surface area contributed by atoms with E-state index in [9.17, 15) is 4.79 Å². The van der Waals surface area contributed by atoms with Gasteiger partial charge in [0.15, 0.2) is 12.5 Å². The topological polar surface area (TPSA) is 64.4 Å². The second-order valence-electron chi connectivity index (χ2n) is 6.75. The lowest BCUT2D eigenvalue weighted by molar-refractivity contribution is -0.142. The molecule has 0 bridgehead atoms. The first-order valence-electron chi connectivity index (χ1n) is 7.67. The number of β-lactam (4-membered cyclic amide) rings is 1. The molecule has 1 saturated heterocycles. The van der Waals surface area contributed by atoms with E-state index in [0.717, 1.165) is 0 Å². The lowest BCUT2D eigenvalue weighted by atomic mass is 10.0. The summed E-state index contributed by atoms with van der Waals surface area (Å²) in [5, 5.41) is 2.86. The van der Waals surface area contributed by atoms with E-state index in [1.54, 1.807) is 6.20 Å². The van der Waals surface area contributed by atoms with Crippen LogP contribution in [0.25, 0.3) is 0 Å². The number of rotatable bonds is 6. The summed E-state index contributed by atoms with van der Waals surface area (Å²) >= 11 is 0. The predicted molar refractivity (Wildman–Crippen MR) is 83.3 cm³/mol. The lowest BCUT2D eigenvalue weighted by Crippen LogP contribution is -2.63. The number of aromatic nitrogens is 1. The second-order valence-corrected chi connectivity index (χ2v) is 12.2. The van der Waals surface area contributed by atoms with Crippen molar-refractivity contribution in [1.29, 1.82) is 0 Å². The number of oxazole rings is 1. The summed E-state index contributed by atoms with van der Waals surface area (Å²) in [5.41, 5.74) is 1.34. The molecule has 1 aromatic heterocycles. The third-order valence-electron chi connectivity index (χ3n) is 4.66. The van der Waals surface area contributed by atoms with Crippen LogP contribution in [0.3, 0.4) is 0 Å². The minimum Gasteiger partial charge on any atom is -0.446 e. The maximum atomic E-state index is 12.0. The molecule has 0 saturated carbocycles. The Morgan fingerprint density at radius 3 is 2.14 bits per heavy atom. The number of carbonyl (C=O) groups excluding carboxylic acids is 1. The molecule has 1 amide bonds. The van der Waals surface area contributed by atoms with Gasteiger partial charge in [0.05, 0.1) is 6.20 Å². The summed E-state index contributed by atoms with van der Waals surface area (Å²) in [5.74, 6) is 0.619. The van der Waals surface area contributed by atoms with Gasteiger partial charge in [0, 0.05) is 0 Å². The maximum Gasteiger partial charge on any atom is 0.251 e. The van der Waals surface area contributed by atoms with Crippen LogP contribution >= 0.6 is 0 Å². The Morgan fingerprint density at radius 2 is 1.76 bits per heavy atom. The normalized spacial score (nSPS) is 22.8. The zero-order chi connectivity index (χ0) is 15.8. The van der Waals surface area contributed by atoms with Crippen LogP contribution in [0, 0.1) is 0 Å². The molecule has 0 aliphatic carbocycles. The van der Waals surface area contributed by atoms with Gasteiger partial charge in [0.2, 0.25) is 8.32 Å². The van der Waals surface area contributed by atoms with Gasteiger partial charge in [0.1, 0.15) is 11.8 Å². The van der Waals surface area contributed by atoms with E-state index in [0.29, 0.717) is 22.4 Å². The van der Waals surface area contributed by atoms with Crippen molar-refractivity contribution in [2.24, 2.45) is 0 Å². The van der Waals surface area contributed by atoms with Crippen molar-refractivity contribution in [2.45, 2.75) is 70.3 Å². The SMILES string of the molecule is CC(C)[Si](OC1C(=O)NC1c1cnco1)(C(C)C)C(C)C. The summed E-state index contributed by atoms with van der Waals surface area (Å²) in [6.45, 7) is 13.3. The number of amides is 1. The molecule has 0 spiro atoms. The highest BCUT2D eigenvalue weighted by Gasteiger charge is 2.53. The number of nitrogens with one attached hydrogen (secondary N) is 1. The van der Waals surface area contributed by atoms with Crippen molar-refractivity contribution >= 4 is 14.2 Å². The van der Waals surface area contributed by atoms with Crippen LogP contribution in [0.5, 0.6) is 0 Å². The molecule has 1 aliphatic heterocycles. The maximum absolute atomic E-state index is 12.0. The molecule has 1 fully saturated rings. The molecule has 21 heavy (non-hydrogen) atoms. The van der Waals surface area contributed by atoms with Gasteiger partial charge in [-0.05, 0) is 16.6 Å². The Labute approximate surface area is 127 Å². The summed E-state index contributed by atoms with van der Waals surface area (Å²) in [7, 11) is -2.08. The molecule has 5 nitrogen and oxygen atoms in total. The lowest BCUT2D eigenvalue weighted by Gasteiger charge is -2.48. The van der Waals surface area contributed by atoms with Crippen molar-refractivity contribution < 1.29 is 13.6 Å². The molecule has 2 rings (SSSR count). The predicted octanol–water partition coefficient (Wildman–Crippen LogP) is 3.41. The summed E-state index contributed by atoms with van der Waals surface area (Å²) in [4.78, 5) is 15.9. The van der Waals surface area contributed by atoms with Crippen LogP contribution in [-0.4, -0.2) is 25.3 Å². The van der Waals surface area contributed by atoms with E-state index in [1.807, 2.05) is 0 Å². The highest BCUT2D eigenvalue weighted by molar-refractivity contribution is 6.77. The van der Waals surface area contributed by atoms with Crippen LogP contribution in [0.15, 0.2) is 17.0 Å². The van der Waals surface area contributed by atoms with Crippen molar-refractivity contribution in [1.82, 2.24) is 10.3 Å². The van der Waals surface area contributed by atoms with Crippen molar-refractivity contribution in [3.05, 3.63) is 18.4 Å². The Hall–Kier alpha value is -1.14. The molecule has 118 valence electrons. The van der Waals surface area contributed by atoms with E-state index >= 15 is 0 Å². The molecule has 6 heteroatoms. The van der Waals surface area contributed by atoms with E-state index in [4.69, 9.17) is 8.84 Å². The summed E-state index contributed by atoms with van der Waals surface area (Å²) in [6, 6.07) is -0.205. The molecule has 1 N–H and O–H groups in total. The second kappa shape index (κ2) is 5.92. The largest absolute Gasteiger partial charge is 0.446 e. The molecule has 1 aromatic rings. The fourth-order valence-corrected chi connectivity index (χ4v) is 9.21. The number of carbonyl (C=O) groups is 1. The zero-order valence-electron chi connectivity index (χ0n) is 13.7. The van der Waals surface area contributed by atoms with E-state index in [1.165, 1.54) is 6.39 Å². The van der Waals surface area contributed by atoms with Gasteiger partial charge < -0.3 is 14.2 Å².